The van der Waals surface area contributed by atoms with Crippen LogP contribution >= 0.6 is 0 Å². The predicted octanol–water partition coefficient (Wildman–Crippen LogP) is 11.4. The molecule has 2 aromatic heterocycles. The van der Waals surface area contributed by atoms with Crippen molar-refractivity contribution in [1.82, 2.24) is 19.5 Å². The highest BCUT2D eigenvalue weighted by molar-refractivity contribution is 6.09. The number of anilines is 3. The van der Waals surface area contributed by atoms with Gasteiger partial charge in [0.25, 0.3) is 0 Å². The average molecular weight is 640 g/mol. The summed E-state index contributed by atoms with van der Waals surface area (Å²) < 4.78 is 2.40. The molecule has 0 N–H and O–H groups in total. The number of hydrogen-bond acceptors (Lipinski definition) is 4. The van der Waals surface area contributed by atoms with Crippen LogP contribution < -0.4 is 4.90 Å². The van der Waals surface area contributed by atoms with Crippen molar-refractivity contribution in [2.45, 2.75) is 0 Å². The number of para-hydroxylation sites is 2. The van der Waals surface area contributed by atoms with Crippen LogP contribution in [0, 0.1) is 0 Å². The second-order valence-corrected chi connectivity index (χ2v) is 12.5. The van der Waals surface area contributed by atoms with Crippen LogP contribution in [0.4, 0.5) is 17.2 Å². The summed E-state index contributed by atoms with van der Waals surface area (Å²) in [6, 6.07) is 61.6. The molecule has 3 heterocycles. The van der Waals surface area contributed by atoms with Gasteiger partial charge in [-0.1, -0.05) is 140 Å². The van der Waals surface area contributed by atoms with Gasteiger partial charge < -0.3 is 0 Å². The van der Waals surface area contributed by atoms with Gasteiger partial charge in [-0.25, -0.2) is 15.0 Å². The molecule has 5 nitrogen and oxygen atoms in total. The number of benzene rings is 7. The smallest absolute Gasteiger partial charge is 0.164 e. The lowest BCUT2D eigenvalue weighted by atomic mass is 9.94. The summed E-state index contributed by atoms with van der Waals surface area (Å²) in [5.74, 6) is 2.97. The second-order valence-electron chi connectivity index (χ2n) is 12.5. The fraction of sp³-hybridized carbons (Fsp3) is 0. The van der Waals surface area contributed by atoms with E-state index in [2.05, 4.69) is 125 Å². The van der Waals surface area contributed by atoms with Crippen LogP contribution in [0.5, 0.6) is 0 Å². The molecule has 50 heavy (non-hydrogen) atoms. The maximum Gasteiger partial charge on any atom is 0.164 e. The summed E-state index contributed by atoms with van der Waals surface area (Å²) in [6.45, 7) is 0. The van der Waals surface area contributed by atoms with E-state index in [-0.39, 0.29) is 0 Å². The molecule has 234 valence electrons. The first-order chi connectivity index (χ1) is 24.8. The van der Waals surface area contributed by atoms with E-state index in [1.165, 1.54) is 27.3 Å². The van der Waals surface area contributed by atoms with Crippen molar-refractivity contribution in [3.63, 3.8) is 0 Å². The van der Waals surface area contributed by atoms with E-state index in [1.54, 1.807) is 0 Å². The van der Waals surface area contributed by atoms with Crippen molar-refractivity contribution in [1.29, 1.82) is 0 Å². The molecule has 5 heteroatoms. The van der Waals surface area contributed by atoms with Crippen LogP contribution in [0.2, 0.25) is 0 Å². The van der Waals surface area contributed by atoms with E-state index in [4.69, 9.17) is 15.0 Å². The summed E-state index contributed by atoms with van der Waals surface area (Å²) in [5.41, 5.74) is 9.63. The molecule has 0 saturated carbocycles. The Bertz CT molecular complexity index is 2660. The van der Waals surface area contributed by atoms with Crippen LogP contribution in [-0.2, 0) is 0 Å². The Morgan fingerprint density at radius 3 is 1.76 bits per heavy atom. The zero-order valence-electron chi connectivity index (χ0n) is 27.0. The van der Waals surface area contributed by atoms with Crippen molar-refractivity contribution in [3.8, 4) is 51.0 Å². The summed E-state index contributed by atoms with van der Waals surface area (Å²) in [4.78, 5) is 17.4. The van der Waals surface area contributed by atoms with Gasteiger partial charge in [0, 0.05) is 38.9 Å². The number of nitrogens with zero attached hydrogens (tertiary/aromatic N) is 5. The van der Waals surface area contributed by atoms with Gasteiger partial charge >= 0.3 is 0 Å². The van der Waals surface area contributed by atoms with Crippen LogP contribution in [0.25, 0.3) is 72.7 Å². The molecule has 0 spiro atoms. The van der Waals surface area contributed by atoms with Crippen molar-refractivity contribution >= 4 is 38.9 Å². The standard InChI is InChI=1S/C45H29N5/c1-3-15-31(16-4-1)43-46-44(32-17-5-2-6-18-32)48-45(47-43)34-20-13-21-35(28-34)49-40-27-26-30-14-7-9-22-36(30)42(40)37-23-10-12-25-39(37)50-38-24-11-8-19-33(38)29-41(49)50/h1-29H. The molecule has 7 aromatic carbocycles. The van der Waals surface area contributed by atoms with Gasteiger partial charge in [0.2, 0.25) is 0 Å². The highest BCUT2D eigenvalue weighted by Crippen LogP contribution is 2.51. The molecule has 0 amide bonds. The molecule has 0 atom stereocenters. The van der Waals surface area contributed by atoms with Crippen LogP contribution in [0.1, 0.15) is 0 Å². The minimum atomic E-state index is 0.622. The zero-order chi connectivity index (χ0) is 33.0. The third-order valence-corrected chi connectivity index (χ3v) is 9.54. The van der Waals surface area contributed by atoms with Gasteiger partial charge in [-0.15, -0.1) is 0 Å². The molecule has 0 saturated heterocycles. The van der Waals surface area contributed by atoms with Crippen LogP contribution in [0.3, 0.4) is 0 Å². The Hall–Kier alpha value is -6.85. The summed E-state index contributed by atoms with van der Waals surface area (Å²) >= 11 is 0. The molecule has 1 aliphatic heterocycles. The fourth-order valence-corrected chi connectivity index (χ4v) is 7.28. The monoisotopic (exact) mass is 639 g/mol. The first kappa shape index (κ1) is 28.2. The summed E-state index contributed by atoms with van der Waals surface area (Å²) in [5, 5.41) is 3.60. The minimum Gasteiger partial charge on any atom is -0.295 e. The predicted molar refractivity (Wildman–Crippen MR) is 204 cm³/mol. The van der Waals surface area contributed by atoms with E-state index < -0.39 is 0 Å². The van der Waals surface area contributed by atoms with Crippen molar-refractivity contribution in [2.24, 2.45) is 0 Å². The normalized spacial score (nSPS) is 12.0. The molecule has 0 radical (unpaired) electrons. The average Bonchev–Trinajstić information content (AvgIpc) is 3.51. The summed E-state index contributed by atoms with van der Waals surface area (Å²) in [6.07, 6.45) is 0. The molecule has 1 aliphatic rings. The highest BCUT2D eigenvalue weighted by Gasteiger charge is 2.29. The first-order valence-electron chi connectivity index (χ1n) is 16.8. The van der Waals surface area contributed by atoms with Gasteiger partial charge in [0.15, 0.2) is 17.5 Å². The summed E-state index contributed by atoms with van der Waals surface area (Å²) in [7, 11) is 0. The molecule has 0 aliphatic carbocycles. The second kappa shape index (κ2) is 11.4. The minimum absolute atomic E-state index is 0.622. The van der Waals surface area contributed by atoms with Gasteiger partial charge in [-0.2, -0.15) is 0 Å². The van der Waals surface area contributed by atoms with Gasteiger partial charge in [0.1, 0.15) is 5.82 Å². The van der Waals surface area contributed by atoms with Crippen molar-refractivity contribution < 1.29 is 0 Å². The van der Waals surface area contributed by atoms with Gasteiger partial charge in [0.05, 0.1) is 16.9 Å². The van der Waals surface area contributed by atoms with E-state index in [1.807, 2.05) is 60.7 Å². The molecular formula is C45H29N5. The highest BCUT2D eigenvalue weighted by atomic mass is 15.3. The van der Waals surface area contributed by atoms with E-state index in [0.717, 1.165) is 45.1 Å². The van der Waals surface area contributed by atoms with E-state index >= 15 is 0 Å². The molecule has 10 rings (SSSR count). The lowest BCUT2D eigenvalue weighted by Gasteiger charge is -2.27. The maximum absolute atomic E-state index is 5.05. The van der Waals surface area contributed by atoms with Gasteiger partial charge in [-0.3, -0.25) is 9.47 Å². The molecule has 0 bridgehead atoms. The lowest BCUT2D eigenvalue weighted by Crippen LogP contribution is -2.13. The Morgan fingerprint density at radius 2 is 1.00 bits per heavy atom. The molecule has 9 aromatic rings. The lowest BCUT2D eigenvalue weighted by molar-refractivity contribution is 1.07. The quantitative estimate of drug-likeness (QED) is 0.192. The number of aromatic nitrogens is 4. The number of fused-ring (bicyclic) bond motifs is 9. The van der Waals surface area contributed by atoms with E-state index in [0.29, 0.717) is 17.5 Å². The fourth-order valence-electron chi connectivity index (χ4n) is 7.28. The number of hydrogen-bond donors (Lipinski definition) is 0. The Kier molecular flexibility index (Phi) is 6.42. The zero-order valence-corrected chi connectivity index (χ0v) is 27.0. The third-order valence-electron chi connectivity index (χ3n) is 9.54. The Labute approximate surface area is 289 Å². The van der Waals surface area contributed by atoms with Crippen molar-refractivity contribution in [2.75, 3.05) is 4.90 Å². The SMILES string of the molecule is c1ccc(-c2nc(-c3ccccc3)nc(-c3cccc(N4c5ccc6ccccc6c5-c5ccccc5-n5c4cc4ccccc45)c3)n2)cc1. The maximum atomic E-state index is 5.05. The molecule has 0 unspecified atom stereocenters. The van der Waals surface area contributed by atoms with E-state index in [9.17, 15) is 0 Å². The van der Waals surface area contributed by atoms with Crippen LogP contribution in [-0.4, -0.2) is 19.5 Å². The molecule has 0 fully saturated rings. The van der Waals surface area contributed by atoms with Crippen molar-refractivity contribution in [3.05, 3.63) is 176 Å². The van der Waals surface area contributed by atoms with Gasteiger partial charge in [-0.05, 0) is 47.2 Å². The first-order valence-corrected chi connectivity index (χ1v) is 16.8. The largest absolute Gasteiger partial charge is 0.295 e. The Morgan fingerprint density at radius 1 is 0.400 bits per heavy atom. The Balaban J connectivity index is 1.24. The number of rotatable bonds is 4. The molecular weight excluding hydrogens is 611 g/mol. The third kappa shape index (κ3) is 4.52. The van der Waals surface area contributed by atoms with Crippen LogP contribution in [0.15, 0.2) is 176 Å². The topological polar surface area (TPSA) is 46.8 Å².